The van der Waals surface area contributed by atoms with E-state index in [0.717, 1.165) is 11.3 Å². The molecule has 0 radical (unpaired) electrons. The molecule has 0 saturated heterocycles. The van der Waals surface area contributed by atoms with E-state index in [1.54, 1.807) is 24.5 Å². The molecule has 2 aromatic carbocycles. The second-order valence-electron chi connectivity index (χ2n) is 5.99. The number of oxazole rings is 1. The first-order valence-electron chi connectivity index (χ1n) is 8.45. The normalized spacial score (nSPS) is 10.5. The van der Waals surface area contributed by atoms with Gasteiger partial charge in [0, 0.05) is 24.2 Å². The number of amides is 2. The molecule has 0 aliphatic rings. The minimum Gasteiger partial charge on any atom is -0.495 e. The van der Waals surface area contributed by atoms with Gasteiger partial charge in [0.2, 0.25) is 5.89 Å². The number of nitrogens with zero attached hydrogens (tertiary/aromatic N) is 1. The summed E-state index contributed by atoms with van der Waals surface area (Å²) < 4.78 is 10.6. The van der Waals surface area contributed by atoms with E-state index in [1.807, 2.05) is 31.2 Å². The number of urea groups is 1. The van der Waals surface area contributed by atoms with E-state index in [1.165, 1.54) is 12.7 Å². The Kier molecular flexibility index (Phi) is 5.98. The molecule has 1 heterocycles. The molecule has 2 N–H and O–H groups in total. The molecule has 0 saturated carbocycles. The number of anilines is 1. The van der Waals surface area contributed by atoms with Crippen LogP contribution < -0.4 is 15.4 Å². The summed E-state index contributed by atoms with van der Waals surface area (Å²) in [5.41, 5.74) is 3.47. The van der Waals surface area contributed by atoms with Crippen molar-refractivity contribution in [2.24, 2.45) is 0 Å². The number of rotatable bonds is 6. The molecule has 1 aromatic heterocycles. The van der Waals surface area contributed by atoms with Gasteiger partial charge in [-0.1, -0.05) is 29.3 Å². The van der Waals surface area contributed by atoms with Crippen LogP contribution >= 0.6 is 11.6 Å². The number of halogens is 1. The van der Waals surface area contributed by atoms with Crippen molar-refractivity contribution >= 4 is 23.3 Å². The number of carbonyl (C=O) groups excluding carboxylic acids is 1. The van der Waals surface area contributed by atoms with Gasteiger partial charge in [-0.3, -0.25) is 0 Å². The van der Waals surface area contributed by atoms with Gasteiger partial charge in [0.15, 0.2) is 0 Å². The first-order chi connectivity index (χ1) is 13.0. The van der Waals surface area contributed by atoms with Crippen LogP contribution in [0.5, 0.6) is 5.75 Å². The lowest BCUT2D eigenvalue weighted by Gasteiger charge is -2.09. The molecule has 0 atom stereocenters. The Morgan fingerprint density at radius 2 is 2.00 bits per heavy atom. The lowest BCUT2D eigenvalue weighted by Crippen LogP contribution is -2.30. The highest BCUT2D eigenvalue weighted by Gasteiger charge is 2.08. The predicted octanol–water partition coefficient (Wildman–Crippen LogP) is 4.68. The average Bonchev–Trinajstić information content (AvgIpc) is 3.11. The van der Waals surface area contributed by atoms with Crippen molar-refractivity contribution in [1.29, 1.82) is 0 Å². The summed E-state index contributed by atoms with van der Waals surface area (Å²) >= 11 is 6.04. The summed E-state index contributed by atoms with van der Waals surface area (Å²) in [7, 11) is 1.54. The van der Waals surface area contributed by atoms with Gasteiger partial charge in [-0.05, 0) is 37.3 Å². The van der Waals surface area contributed by atoms with Crippen LogP contribution in [0.25, 0.3) is 11.5 Å². The molecule has 0 fully saturated rings. The van der Waals surface area contributed by atoms with Crippen molar-refractivity contribution in [3.63, 3.8) is 0 Å². The Hall–Kier alpha value is -2.99. The Morgan fingerprint density at radius 3 is 2.70 bits per heavy atom. The summed E-state index contributed by atoms with van der Waals surface area (Å²) in [5.74, 6) is 1.13. The summed E-state index contributed by atoms with van der Waals surface area (Å²) in [6.45, 7) is 2.46. The highest BCUT2D eigenvalue weighted by Crippen LogP contribution is 2.27. The van der Waals surface area contributed by atoms with Crippen LogP contribution in [0.2, 0.25) is 5.02 Å². The minimum atomic E-state index is -0.321. The van der Waals surface area contributed by atoms with E-state index in [-0.39, 0.29) is 6.03 Å². The molecule has 140 valence electrons. The largest absolute Gasteiger partial charge is 0.495 e. The van der Waals surface area contributed by atoms with Crippen molar-refractivity contribution in [2.45, 2.75) is 13.3 Å². The van der Waals surface area contributed by atoms with Gasteiger partial charge in [0.25, 0.3) is 0 Å². The smallest absolute Gasteiger partial charge is 0.319 e. The fraction of sp³-hybridized carbons (Fsp3) is 0.200. The Balaban J connectivity index is 1.49. The van der Waals surface area contributed by atoms with Crippen molar-refractivity contribution in [3.05, 3.63) is 65.0 Å². The van der Waals surface area contributed by atoms with E-state index >= 15 is 0 Å². The zero-order valence-electron chi connectivity index (χ0n) is 15.1. The Bertz CT molecular complexity index is 922. The van der Waals surface area contributed by atoms with Crippen molar-refractivity contribution in [3.8, 4) is 17.2 Å². The second kappa shape index (κ2) is 8.60. The van der Waals surface area contributed by atoms with Crippen LogP contribution in [0, 0.1) is 6.92 Å². The Morgan fingerprint density at radius 1 is 1.22 bits per heavy atom. The highest BCUT2D eigenvalue weighted by atomic mass is 35.5. The van der Waals surface area contributed by atoms with Gasteiger partial charge >= 0.3 is 6.03 Å². The quantitative estimate of drug-likeness (QED) is 0.646. The maximum Gasteiger partial charge on any atom is 0.319 e. The topological polar surface area (TPSA) is 76.4 Å². The van der Waals surface area contributed by atoms with Crippen LogP contribution in [0.3, 0.4) is 0 Å². The number of aryl methyl sites for hydroxylation is 1. The molecule has 7 heteroatoms. The number of carbonyl (C=O) groups is 1. The molecule has 0 spiro atoms. The van der Waals surface area contributed by atoms with Crippen LogP contribution in [-0.4, -0.2) is 24.7 Å². The summed E-state index contributed by atoms with van der Waals surface area (Å²) in [6.07, 6.45) is 2.17. The van der Waals surface area contributed by atoms with Crippen molar-refractivity contribution < 1.29 is 13.9 Å². The van der Waals surface area contributed by atoms with Gasteiger partial charge in [0.1, 0.15) is 12.0 Å². The van der Waals surface area contributed by atoms with E-state index in [2.05, 4.69) is 15.6 Å². The molecule has 2 amide bonds. The average molecular weight is 386 g/mol. The van der Waals surface area contributed by atoms with Gasteiger partial charge in [-0.2, -0.15) is 0 Å². The lowest BCUT2D eigenvalue weighted by atomic mass is 10.1. The van der Waals surface area contributed by atoms with E-state index in [9.17, 15) is 4.79 Å². The van der Waals surface area contributed by atoms with E-state index in [0.29, 0.717) is 35.3 Å². The molecule has 27 heavy (non-hydrogen) atoms. The zero-order valence-corrected chi connectivity index (χ0v) is 15.8. The predicted molar refractivity (Wildman–Crippen MR) is 105 cm³/mol. The minimum absolute atomic E-state index is 0.321. The summed E-state index contributed by atoms with van der Waals surface area (Å²) in [6, 6.07) is 12.7. The van der Waals surface area contributed by atoms with Crippen molar-refractivity contribution in [1.82, 2.24) is 10.3 Å². The molecular weight excluding hydrogens is 366 g/mol. The first-order valence-corrected chi connectivity index (χ1v) is 8.83. The molecule has 0 bridgehead atoms. The van der Waals surface area contributed by atoms with Crippen LogP contribution in [0.15, 0.2) is 53.1 Å². The fourth-order valence-electron chi connectivity index (χ4n) is 2.47. The van der Waals surface area contributed by atoms with Crippen LogP contribution in [-0.2, 0) is 6.42 Å². The third kappa shape index (κ3) is 5.01. The third-order valence-electron chi connectivity index (χ3n) is 3.93. The van der Waals surface area contributed by atoms with E-state index in [4.69, 9.17) is 20.8 Å². The van der Waals surface area contributed by atoms with Crippen LogP contribution in [0.1, 0.15) is 11.3 Å². The summed E-state index contributed by atoms with van der Waals surface area (Å²) in [4.78, 5) is 16.4. The number of hydrogen-bond donors (Lipinski definition) is 2. The number of benzene rings is 2. The zero-order chi connectivity index (χ0) is 19.2. The van der Waals surface area contributed by atoms with Crippen LogP contribution in [0.4, 0.5) is 10.5 Å². The molecular formula is C20H20ClN3O3. The summed E-state index contributed by atoms with van der Waals surface area (Å²) in [5, 5.41) is 5.93. The number of aromatic nitrogens is 1. The fourth-order valence-corrected chi connectivity index (χ4v) is 2.73. The first kappa shape index (κ1) is 18.8. The number of ether oxygens (including phenoxy) is 1. The molecule has 6 nitrogen and oxygen atoms in total. The van der Waals surface area contributed by atoms with Gasteiger partial charge in [-0.25, -0.2) is 9.78 Å². The lowest BCUT2D eigenvalue weighted by molar-refractivity contribution is 0.252. The van der Waals surface area contributed by atoms with E-state index < -0.39 is 0 Å². The number of hydrogen-bond acceptors (Lipinski definition) is 4. The maximum absolute atomic E-state index is 12.0. The number of methoxy groups -OCH3 is 1. The third-order valence-corrected chi connectivity index (χ3v) is 4.22. The Labute approximate surface area is 162 Å². The molecule has 0 aliphatic heterocycles. The second-order valence-corrected chi connectivity index (χ2v) is 6.40. The standard InChI is InChI=1S/C20H20ClN3O3/c1-13-3-5-14(6-4-13)19-23-16(12-27-19)9-10-22-20(25)24-15-7-8-18(26-2)17(21)11-15/h3-8,11-12H,9-10H2,1-2H3,(H2,22,24,25). The van der Waals surface area contributed by atoms with Gasteiger partial charge in [-0.15, -0.1) is 0 Å². The highest BCUT2D eigenvalue weighted by molar-refractivity contribution is 6.32. The SMILES string of the molecule is COc1ccc(NC(=O)NCCc2coc(-c3ccc(C)cc3)n2)cc1Cl. The monoisotopic (exact) mass is 385 g/mol. The van der Waals surface area contributed by atoms with Gasteiger partial charge in [0.05, 0.1) is 17.8 Å². The maximum atomic E-state index is 12.0. The molecule has 3 aromatic rings. The molecule has 3 rings (SSSR count). The van der Waals surface area contributed by atoms with Crippen molar-refractivity contribution in [2.75, 3.05) is 19.0 Å². The number of nitrogens with one attached hydrogen (secondary N) is 2. The molecule has 0 unspecified atom stereocenters. The molecule has 0 aliphatic carbocycles. The van der Waals surface area contributed by atoms with Gasteiger partial charge < -0.3 is 19.8 Å².